The highest BCUT2D eigenvalue weighted by Gasteiger charge is 2.41. The summed E-state index contributed by atoms with van der Waals surface area (Å²) in [6, 6.07) is 27.8. The summed E-state index contributed by atoms with van der Waals surface area (Å²) in [6.07, 6.45) is 3.93. The zero-order chi connectivity index (χ0) is 24.7. The van der Waals surface area contributed by atoms with Gasteiger partial charge in [-0.3, -0.25) is 5.32 Å². The average Bonchev–Trinajstić information content (AvgIpc) is 3.23. The molecule has 36 heavy (non-hydrogen) atoms. The van der Waals surface area contributed by atoms with Gasteiger partial charge in [-0.2, -0.15) is 4.57 Å². The molecule has 1 unspecified atom stereocenters. The average molecular weight is 481 g/mol. The number of anilines is 1. The number of rotatable bonds is 10. The first kappa shape index (κ1) is 23.7. The van der Waals surface area contributed by atoms with Crippen LogP contribution in [0.25, 0.3) is 11.3 Å². The van der Waals surface area contributed by atoms with Crippen molar-refractivity contribution in [3.8, 4) is 17.0 Å². The zero-order valence-corrected chi connectivity index (χ0v) is 20.4. The predicted molar refractivity (Wildman–Crippen MR) is 139 cm³/mol. The van der Waals surface area contributed by atoms with Gasteiger partial charge >= 0.3 is 11.7 Å². The van der Waals surface area contributed by atoms with E-state index in [9.17, 15) is 4.79 Å². The molecule has 0 saturated carbocycles. The number of fused-ring (bicyclic) bond motifs is 1. The molecule has 4 aromatic rings. The van der Waals surface area contributed by atoms with Crippen molar-refractivity contribution in [3.63, 3.8) is 0 Å². The van der Waals surface area contributed by atoms with Crippen LogP contribution < -0.4 is 14.6 Å². The molecular weight excluding hydrogens is 450 g/mol. The number of carbonyl (C=O) groups is 1. The van der Waals surface area contributed by atoms with Gasteiger partial charge in [0.15, 0.2) is 6.04 Å². The smallest absolute Gasteiger partial charge is 0.359 e. The van der Waals surface area contributed by atoms with Crippen molar-refractivity contribution in [3.05, 3.63) is 108 Å². The van der Waals surface area contributed by atoms with Gasteiger partial charge in [0.05, 0.1) is 6.61 Å². The van der Waals surface area contributed by atoms with Crippen molar-refractivity contribution in [2.75, 3.05) is 25.6 Å². The maximum absolute atomic E-state index is 13.5. The number of carbonyl (C=O) groups excluding carboxylic acids is 1. The first-order valence-electron chi connectivity index (χ1n) is 12.3. The summed E-state index contributed by atoms with van der Waals surface area (Å²) >= 11 is 0. The normalized spacial score (nSPS) is 14.4. The van der Waals surface area contributed by atoms with Crippen LogP contribution >= 0.6 is 0 Å². The lowest BCUT2D eigenvalue weighted by Gasteiger charge is -2.09. The van der Waals surface area contributed by atoms with Crippen molar-refractivity contribution < 1.29 is 18.8 Å². The fourth-order valence-corrected chi connectivity index (χ4v) is 4.43. The number of hydrogen-bond donors (Lipinski definition) is 1. The summed E-state index contributed by atoms with van der Waals surface area (Å²) in [5.74, 6) is 1.60. The van der Waals surface area contributed by atoms with Crippen LogP contribution in [0.4, 0.5) is 5.82 Å². The van der Waals surface area contributed by atoms with E-state index in [4.69, 9.17) is 14.5 Å². The first-order chi connectivity index (χ1) is 17.7. The van der Waals surface area contributed by atoms with Gasteiger partial charge in [0.2, 0.25) is 0 Å². The molecule has 1 aliphatic rings. The van der Waals surface area contributed by atoms with E-state index >= 15 is 0 Å². The second-order valence-electron chi connectivity index (χ2n) is 8.90. The molecular formula is C30H30N3O3+. The van der Waals surface area contributed by atoms with Crippen LogP contribution in [0.15, 0.2) is 91.1 Å². The summed E-state index contributed by atoms with van der Waals surface area (Å²) in [7, 11) is 1.69. The molecule has 182 valence electrons. The second-order valence-corrected chi connectivity index (χ2v) is 8.90. The Hall–Kier alpha value is -4.03. The van der Waals surface area contributed by atoms with Crippen LogP contribution in [0.3, 0.4) is 0 Å². The van der Waals surface area contributed by atoms with Gasteiger partial charge in [0, 0.05) is 38.5 Å². The largest absolute Gasteiger partial charge is 0.494 e. The minimum atomic E-state index is -0.332. The Morgan fingerprint density at radius 2 is 1.58 bits per heavy atom. The Morgan fingerprint density at radius 3 is 2.28 bits per heavy atom. The molecule has 1 N–H and O–H groups in total. The maximum atomic E-state index is 13.5. The van der Waals surface area contributed by atoms with Crippen molar-refractivity contribution in [2.45, 2.75) is 25.3 Å². The van der Waals surface area contributed by atoms with Gasteiger partial charge in [-0.1, -0.05) is 60.7 Å². The van der Waals surface area contributed by atoms with Gasteiger partial charge in [-0.15, -0.1) is 0 Å². The highest BCUT2D eigenvalue weighted by atomic mass is 16.5. The molecule has 0 amide bonds. The molecule has 3 aromatic carbocycles. The van der Waals surface area contributed by atoms with E-state index in [1.165, 1.54) is 0 Å². The number of methoxy groups -OCH3 is 1. The van der Waals surface area contributed by atoms with Crippen LogP contribution in [-0.2, 0) is 17.6 Å². The van der Waals surface area contributed by atoms with Gasteiger partial charge < -0.3 is 9.47 Å². The number of ether oxygens (including phenoxy) is 2. The molecule has 0 fully saturated rings. The van der Waals surface area contributed by atoms with E-state index in [1.807, 2.05) is 66.9 Å². The predicted octanol–water partition coefficient (Wildman–Crippen LogP) is 4.72. The summed E-state index contributed by atoms with van der Waals surface area (Å²) in [4.78, 5) is 18.5. The number of nitrogens with one attached hydrogen (secondary N) is 1. The van der Waals surface area contributed by atoms with Gasteiger partial charge in [0.1, 0.15) is 23.3 Å². The van der Waals surface area contributed by atoms with E-state index < -0.39 is 0 Å². The Labute approximate surface area is 211 Å². The number of benzene rings is 3. The van der Waals surface area contributed by atoms with Crippen molar-refractivity contribution in [1.82, 2.24) is 4.98 Å². The molecule has 0 aliphatic carbocycles. The van der Waals surface area contributed by atoms with Crippen LogP contribution in [0, 0.1) is 0 Å². The number of hydrogen-bond acceptors (Lipinski definition) is 5. The van der Waals surface area contributed by atoms with E-state index in [1.54, 1.807) is 11.7 Å². The fourth-order valence-electron chi connectivity index (χ4n) is 4.43. The zero-order valence-electron chi connectivity index (χ0n) is 20.4. The molecule has 1 aromatic heterocycles. The van der Waals surface area contributed by atoms with Crippen LogP contribution in [-0.4, -0.2) is 37.3 Å². The highest BCUT2D eigenvalue weighted by molar-refractivity contribution is 5.82. The quantitative estimate of drug-likeness (QED) is 0.263. The monoisotopic (exact) mass is 480 g/mol. The standard InChI is InChI=1S/C30H29N3O3/c1-35-17-8-18-36-25-15-13-24(14-16-25)28-21-33-29(26(31-28)19-22-9-4-2-5-10-22)32-27(30(33)34)20-23-11-6-3-7-12-23/h2-7,9-16,21,27H,8,17-20H2,1H3/p+1. The van der Waals surface area contributed by atoms with Gasteiger partial charge in [-0.05, 0) is 35.4 Å². The van der Waals surface area contributed by atoms with Crippen LogP contribution in [0.2, 0.25) is 0 Å². The first-order valence-corrected chi connectivity index (χ1v) is 12.3. The Morgan fingerprint density at radius 1 is 0.889 bits per heavy atom. The summed E-state index contributed by atoms with van der Waals surface area (Å²) in [5.41, 5.74) is 4.80. The summed E-state index contributed by atoms with van der Waals surface area (Å²) < 4.78 is 12.6. The van der Waals surface area contributed by atoms with Gasteiger partial charge in [0.25, 0.3) is 0 Å². The molecule has 2 heterocycles. The lowest BCUT2D eigenvalue weighted by Crippen LogP contribution is -2.44. The molecule has 0 bridgehead atoms. The molecule has 0 saturated heterocycles. The summed E-state index contributed by atoms with van der Waals surface area (Å²) in [6.45, 7) is 1.27. The van der Waals surface area contributed by atoms with Crippen molar-refractivity contribution >= 4 is 11.7 Å². The lowest BCUT2D eigenvalue weighted by molar-refractivity contribution is -0.552. The Balaban J connectivity index is 1.44. The second kappa shape index (κ2) is 11.1. The third-order valence-corrected chi connectivity index (χ3v) is 6.28. The third-order valence-electron chi connectivity index (χ3n) is 6.28. The maximum Gasteiger partial charge on any atom is 0.359 e. The highest BCUT2D eigenvalue weighted by Crippen LogP contribution is 2.26. The Bertz CT molecular complexity index is 1310. The van der Waals surface area contributed by atoms with Gasteiger partial charge in [-0.25, -0.2) is 9.78 Å². The molecule has 5 rings (SSSR count). The molecule has 1 atom stereocenters. The molecule has 6 nitrogen and oxygen atoms in total. The topological polar surface area (TPSA) is 64.3 Å². The van der Waals surface area contributed by atoms with E-state index in [0.29, 0.717) is 26.1 Å². The van der Waals surface area contributed by atoms with Crippen LogP contribution in [0.5, 0.6) is 5.75 Å². The fraction of sp³-hybridized carbons (Fsp3) is 0.233. The minimum Gasteiger partial charge on any atom is -0.494 e. The SMILES string of the molecule is COCCCOc1ccc(-c2c[n+]3c(c(Cc4ccccc4)n2)NC(Cc2ccccc2)C3=O)cc1. The van der Waals surface area contributed by atoms with E-state index in [2.05, 4.69) is 29.6 Å². The summed E-state index contributed by atoms with van der Waals surface area (Å²) in [5, 5.41) is 3.46. The third kappa shape index (κ3) is 5.44. The molecule has 0 radical (unpaired) electrons. The Kier molecular flexibility index (Phi) is 7.33. The molecule has 0 spiro atoms. The molecule has 1 aliphatic heterocycles. The number of aromatic nitrogens is 2. The minimum absolute atomic E-state index is 0.0323. The van der Waals surface area contributed by atoms with E-state index in [-0.39, 0.29) is 11.9 Å². The van der Waals surface area contributed by atoms with E-state index in [0.717, 1.165) is 46.1 Å². The van der Waals surface area contributed by atoms with Crippen molar-refractivity contribution in [2.24, 2.45) is 0 Å². The van der Waals surface area contributed by atoms with Crippen molar-refractivity contribution in [1.29, 1.82) is 0 Å². The molecule has 6 heteroatoms. The lowest BCUT2D eigenvalue weighted by atomic mass is 10.1. The van der Waals surface area contributed by atoms with Crippen LogP contribution in [0.1, 0.15) is 28.0 Å². The number of nitrogens with zero attached hydrogens (tertiary/aromatic N) is 2.